The summed E-state index contributed by atoms with van der Waals surface area (Å²) in [5.74, 6) is -1.10. The average molecular weight is 295 g/mol. The molecule has 0 heterocycles. The molecule has 0 radical (unpaired) electrons. The summed E-state index contributed by atoms with van der Waals surface area (Å²) in [6, 6.07) is 0. The van der Waals surface area contributed by atoms with Crippen molar-refractivity contribution in [1.29, 1.82) is 0 Å². The van der Waals surface area contributed by atoms with Crippen LogP contribution in [0.4, 0.5) is 0 Å². The number of rotatable bonds is 2. The highest BCUT2D eigenvalue weighted by molar-refractivity contribution is 14.1. The SMILES string of the molecule is O=C(O)C1=CC=CC(I)([N+](=O)[O-])C1. The summed E-state index contributed by atoms with van der Waals surface area (Å²) in [4.78, 5) is 20.6. The molecule has 0 spiro atoms. The van der Waals surface area contributed by atoms with Crippen LogP contribution in [0.1, 0.15) is 6.42 Å². The highest BCUT2D eigenvalue weighted by atomic mass is 127. The summed E-state index contributed by atoms with van der Waals surface area (Å²) >= 11 is 1.64. The third kappa shape index (κ3) is 2.06. The van der Waals surface area contributed by atoms with Crippen LogP contribution in [0.2, 0.25) is 0 Å². The molecule has 1 unspecified atom stereocenters. The molecule has 1 atom stereocenters. The number of aliphatic carboxylic acids is 1. The largest absolute Gasteiger partial charge is 0.478 e. The highest BCUT2D eigenvalue weighted by Crippen LogP contribution is 2.32. The predicted molar refractivity (Wildman–Crippen MR) is 53.2 cm³/mol. The van der Waals surface area contributed by atoms with Gasteiger partial charge in [0.25, 0.3) is 3.55 Å². The molecule has 70 valence electrons. The van der Waals surface area contributed by atoms with E-state index in [1.807, 2.05) is 0 Å². The Bertz CT molecular complexity index is 322. The van der Waals surface area contributed by atoms with Crippen LogP contribution in [-0.2, 0) is 4.79 Å². The van der Waals surface area contributed by atoms with E-state index < -0.39 is 14.4 Å². The summed E-state index contributed by atoms with van der Waals surface area (Å²) in [5, 5.41) is 19.2. The van der Waals surface area contributed by atoms with Crippen molar-refractivity contribution in [3.05, 3.63) is 33.9 Å². The van der Waals surface area contributed by atoms with Crippen LogP contribution in [0.15, 0.2) is 23.8 Å². The number of halogens is 1. The zero-order chi connectivity index (χ0) is 10.1. The van der Waals surface area contributed by atoms with Crippen molar-refractivity contribution in [3.8, 4) is 0 Å². The van der Waals surface area contributed by atoms with E-state index in [1.165, 1.54) is 18.2 Å². The molecule has 0 saturated heterocycles. The van der Waals surface area contributed by atoms with E-state index in [1.54, 1.807) is 22.6 Å². The summed E-state index contributed by atoms with van der Waals surface area (Å²) in [6.45, 7) is 0. The van der Waals surface area contributed by atoms with Gasteiger partial charge in [0, 0.05) is 39.2 Å². The van der Waals surface area contributed by atoms with Crippen LogP contribution in [0.25, 0.3) is 0 Å². The highest BCUT2D eigenvalue weighted by Gasteiger charge is 2.40. The second kappa shape index (κ2) is 3.44. The van der Waals surface area contributed by atoms with Crippen molar-refractivity contribution < 1.29 is 14.8 Å². The first-order valence-electron chi connectivity index (χ1n) is 3.41. The molecule has 13 heavy (non-hydrogen) atoms. The number of hydrogen-bond donors (Lipinski definition) is 1. The second-order valence-corrected chi connectivity index (χ2v) is 4.48. The van der Waals surface area contributed by atoms with Gasteiger partial charge in [-0.05, 0) is 0 Å². The first kappa shape index (κ1) is 10.2. The van der Waals surface area contributed by atoms with Crippen molar-refractivity contribution in [2.45, 2.75) is 9.97 Å². The third-order valence-corrected chi connectivity index (χ3v) is 2.80. The van der Waals surface area contributed by atoms with Gasteiger partial charge in [-0.2, -0.15) is 0 Å². The lowest BCUT2D eigenvalue weighted by molar-refractivity contribution is -0.516. The molecular weight excluding hydrogens is 289 g/mol. The summed E-state index contributed by atoms with van der Waals surface area (Å²) in [7, 11) is 0. The van der Waals surface area contributed by atoms with Gasteiger partial charge in [0.15, 0.2) is 0 Å². The maximum atomic E-state index is 10.6. The number of allylic oxidation sites excluding steroid dienone is 2. The summed E-state index contributed by atoms with van der Waals surface area (Å²) in [6.07, 6.45) is 4.09. The van der Waals surface area contributed by atoms with E-state index >= 15 is 0 Å². The van der Waals surface area contributed by atoms with Gasteiger partial charge in [-0.25, -0.2) is 4.79 Å². The Labute approximate surface area is 87.4 Å². The molecule has 0 fully saturated rings. The van der Waals surface area contributed by atoms with Crippen LogP contribution < -0.4 is 0 Å². The van der Waals surface area contributed by atoms with Gasteiger partial charge in [0.05, 0.1) is 6.42 Å². The zero-order valence-electron chi connectivity index (χ0n) is 6.44. The Balaban J connectivity index is 2.92. The van der Waals surface area contributed by atoms with Crippen LogP contribution in [0, 0.1) is 10.1 Å². The van der Waals surface area contributed by atoms with Crippen molar-refractivity contribution in [2.75, 3.05) is 0 Å². The number of alkyl halides is 1. The lowest BCUT2D eigenvalue weighted by Gasteiger charge is -2.17. The van der Waals surface area contributed by atoms with E-state index in [9.17, 15) is 14.9 Å². The second-order valence-electron chi connectivity index (χ2n) is 2.61. The topological polar surface area (TPSA) is 80.4 Å². The van der Waals surface area contributed by atoms with E-state index in [-0.39, 0.29) is 12.0 Å². The Kier molecular flexibility index (Phi) is 2.69. The number of carboxylic acids is 1. The maximum Gasteiger partial charge on any atom is 0.331 e. The number of hydrogen-bond acceptors (Lipinski definition) is 3. The maximum absolute atomic E-state index is 10.6. The predicted octanol–water partition coefficient (Wildman–Crippen LogP) is 1.37. The van der Waals surface area contributed by atoms with Gasteiger partial charge in [-0.3, -0.25) is 10.1 Å². The fourth-order valence-corrected chi connectivity index (χ4v) is 1.59. The molecule has 1 aliphatic rings. The van der Waals surface area contributed by atoms with Crippen molar-refractivity contribution >= 4 is 28.6 Å². The Morgan fingerprint density at radius 2 is 2.38 bits per heavy atom. The smallest absolute Gasteiger partial charge is 0.331 e. The summed E-state index contributed by atoms with van der Waals surface area (Å²) in [5.41, 5.74) is 0.0635. The van der Waals surface area contributed by atoms with Crippen LogP contribution in [0.5, 0.6) is 0 Å². The standard InChI is InChI=1S/C7H6INO4/c8-7(9(12)13)3-1-2-5(4-7)6(10)11/h1-3H,4H2,(H,10,11). The molecular formula is C7H6INO4. The molecule has 1 rings (SSSR count). The molecule has 1 aliphatic carbocycles. The van der Waals surface area contributed by atoms with E-state index in [0.29, 0.717) is 0 Å². The van der Waals surface area contributed by atoms with Gasteiger partial charge in [-0.15, -0.1) is 0 Å². The molecule has 0 aliphatic heterocycles. The number of nitro groups is 1. The Hall–Kier alpha value is -0.920. The number of carbonyl (C=O) groups is 1. The van der Waals surface area contributed by atoms with Gasteiger partial charge in [0.2, 0.25) is 0 Å². The Morgan fingerprint density at radius 3 is 2.85 bits per heavy atom. The normalized spacial score (nSPS) is 26.7. The van der Waals surface area contributed by atoms with Crippen LogP contribution >= 0.6 is 22.6 Å². The minimum atomic E-state index is -1.31. The van der Waals surface area contributed by atoms with Gasteiger partial charge < -0.3 is 5.11 Å². The summed E-state index contributed by atoms with van der Waals surface area (Å²) < 4.78 is -1.31. The van der Waals surface area contributed by atoms with Crippen LogP contribution in [-0.4, -0.2) is 19.5 Å². The van der Waals surface area contributed by atoms with E-state index in [4.69, 9.17) is 5.11 Å². The van der Waals surface area contributed by atoms with Crippen LogP contribution in [0.3, 0.4) is 0 Å². The molecule has 0 amide bonds. The van der Waals surface area contributed by atoms with Crippen molar-refractivity contribution in [1.82, 2.24) is 0 Å². The first-order chi connectivity index (χ1) is 5.96. The zero-order valence-corrected chi connectivity index (χ0v) is 8.59. The minimum Gasteiger partial charge on any atom is -0.478 e. The van der Waals surface area contributed by atoms with Gasteiger partial charge in [0.1, 0.15) is 0 Å². The van der Waals surface area contributed by atoms with Crippen molar-refractivity contribution in [2.24, 2.45) is 0 Å². The fourth-order valence-electron chi connectivity index (χ4n) is 0.969. The first-order valence-corrected chi connectivity index (χ1v) is 4.49. The van der Waals surface area contributed by atoms with Crippen molar-refractivity contribution in [3.63, 3.8) is 0 Å². The lowest BCUT2D eigenvalue weighted by Crippen LogP contribution is -2.31. The van der Waals surface area contributed by atoms with E-state index in [2.05, 4.69) is 0 Å². The third-order valence-electron chi connectivity index (χ3n) is 1.67. The monoisotopic (exact) mass is 295 g/mol. The average Bonchev–Trinajstić information content (AvgIpc) is 2.04. The lowest BCUT2D eigenvalue weighted by atomic mass is 10.0. The number of carboxylic acid groups (broad SMARTS) is 1. The molecule has 0 aromatic heterocycles. The fraction of sp³-hybridized carbons (Fsp3) is 0.286. The van der Waals surface area contributed by atoms with Gasteiger partial charge in [-0.1, -0.05) is 12.2 Å². The van der Waals surface area contributed by atoms with Gasteiger partial charge >= 0.3 is 5.97 Å². The molecule has 5 nitrogen and oxygen atoms in total. The molecule has 0 aromatic carbocycles. The quantitative estimate of drug-likeness (QED) is 0.274. The molecule has 1 N–H and O–H groups in total. The van der Waals surface area contributed by atoms with E-state index in [0.717, 1.165) is 0 Å². The minimum absolute atomic E-state index is 0.0635. The molecule has 6 heteroatoms. The number of nitrogens with zero attached hydrogens (tertiary/aromatic N) is 1. The molecule has 0 bridgehead atoms. The molecule has 0 aromatic rings. The Morgan fingerprint density at radius 1 is 1.77 bits per heavy atom. The molecule has 0 saturated carbocycles.